The van der Waals surface area contributed by atoms with Gasteiger partial charge in [0.15, 0.2) is 0 Å². The van der Waals surface area contributed by atoms with Crippen LogP contribution in [-0.4, -0.2) is 43.5 Å². The van der Waals surface area contributed by atoms with Gasteiger partial charge in [0.25, 0.3) is 0 Å². The molecule has 0 aliphatic carbocycles. The van der Waals surface area contributed by atoms with E-state index in [1.807, 2.05) is 77.9 Å². The Kier molecular flexibility index (Phi) is 4.77. The number of carbonyl (C=O) groups is 1. The van der Waals surface area contributed by atoms with Gasteiger partial charge in [-0.05, 0) is 49.2 Å². The van der Waals surface area contributed by atoms with Crippen molar-refractivity contribution in [3.63, 3.8) is 0 Å². The van der Waals surface area contributed by atoms with E-state index in [9.17, 15) is 4.79 Å². The number of benzene rings is 1. The Bertz CT molecular complexity index is 1310. The van der Waals surface area contributed by atoms with Crippen molar-refractivity contribution in [1.82, 2.24) is 24.4 Å². The zero-order valence-electron chi connectivity index (χ0n) is 18.4. The van der Waals surface area contributed by atoms with Crippen molar-refractivity contribution in [2.75, 3.05) is 23.7 Å². The van der Waals surface area contributed by atoms with Gasteiger partial charge in [-0.2, -0.15) is 0 Å². The van der Waals surface area contributed by atoms with Crippen LogP contribution < -0.4 is 10.6 Å². The summed E-state index contributed by atoms with van der Waals surface area (Å²) in [7, 11) is 1.94. The van der Waals surface area contributed by atoms with Crippen molar-refractivity contribution in [3.8, 4) is 11.1 Å². The van der Waals surface area contributed by atoms with Gasteiger partial charge in [-0.1, -0.05) is 12.1 Å². The number of aromatic nitrogens is 4. The Morgan fingerprint density at radius 3 is 2.59 bits per heavy atom. The molecule has 2 amide bonds. The van der Waals surface area contributed by atoms with Gasteiger partial charge in [0.1, 0.15) is 17.8 Å². The molecule has 0 saturated carbocycles. The summed E-state index contributed by atoms with van der Waals surface area (Å²) in [5.41, 5.74) is 12.8. The van der Waals surface area contributed by atoms with Gasteiger partial charge >= 0.3 is 6.03 Å². The number of hydrogen-bond acceptors (Lipinski definition) is 5. The van der Waals surface area contributed by atoms with Gasteiger partial charge < -0.3 is 15.2 Å². The lowest BCUT2D eigenvalue weighted by Gasteiger charge is -2.19. The standard InChI is InChI=1S/C24H25N7O/c1-15-10-16(2)28-18(11-15)12-30-8-9-31(24(30)32)19-6-4-17(5-7-19)20-13-29(3)23-21(20)22(25)26-14-27-23/h4-7,10-11,13-14H,8-9,12H2,1-3H3,(H2,25,26,27). The second kappa shape index (κ2) is 7.64. The van der Waals surface area contributed by atoms with Gasteiger partial charge in [0.05, 0.1) is 17.6 Å². The summed E-state index contributed by atoms with van der Waals surface area (Å²) in [6.07, 6.45) is 3.48. The lowest BCUT2D eigenvalue weighted by atomic mass is 10.1. The number of anilines is 2. The number of carbonyl (C=O) groups excluding carboxylic acids is 1. The molecule has 1 saturated heterocycles. The normalized spacial score (nSPS) is 14.0. The second-order valence-corrected chi connectivity index (χ2v) is 8.29. The predicted molar refractivity (Wildman–Crippen MR) is 125 cm³/mol. The van der Waals surface area contributed by atoms with Crippen molar-refractivity contribution >= 4 is 28.6 Å². The molecule has 8 heteroatoms. The second-order valence-electron chi connectivity index (χ2n) is 8.29. The fourth-order valence-corrected chi connectivity index (χ4v) is 4.44. The largest absolute Gasteiger partial charge is 0.383 e. The van der Waals surface area contributed by atoms with Crippen LogP contribution in [0.1, 0.15) is 17.0 Å². The van der Waals surface area contributed by atoms with Crippen LogP contribution >= 0.6 is 0 Å². The third kappa shape index (κ3) is 3.43. The third-order valence-electron chi connectivity index (χ3n) is 5.87. The third-order valence-corrected chi connectivity index (χ3v) is 5.87. The van der Waals surface area contributed by atoms with Gasteiger partial charge in [-0.3, -0.25) is 9.88 Å². The summed E-state index contributed by atoms with van der Waals surface area (Å²) in [6.45, 7) is 5.87. The van der Waals surface area contributed by atoms with Crippen LogP contribution in [0.4, 0.5) is 16.3 Å². The Morgan fingerprint density at radius 2 is 1.84 bits per heavy atom. The molecule has 1 fully saturated rings. The van der Waals surface area contributed by atoms with Crippen LogP contribution in [-0.2, 0) is 13.6 Å². The molecular weight excluding hydrogens is 402 g/mol. The molecule has 4 heterocycles. The first kappa shape index (κ1) is 20.0. The first-order valence-corrected chi connectivity index (χ1v) is 10.6. The van der Waals surface area contributed by atoms with E-state index >= 15 is 0 Å². The first-order chi connectivity index (χ1) is 15.4. The zero-order chi connectivity index (χ0) is 22.4. The maximum absolute atomic E-state index is 13.0. The van der Waals surface area contributed by atoms with Crippen molar-refractivity contribution in [1.29, 1.82) is 0 Å². The number of hydrogen-bond donors (Lipinski definition) is 1. The molecule has 32 heavy (non-hydrogen) atoms. The minimum atomic E-state index is 0.00140. The number of pyridine rings is 1. The number of fused-ring (bicyclic) bond motifs is 1. The molecule has 1 aromatic carbocycles. The molecule has 1 aliphatic heterocycles. The van der Waals surface area contributed by atoms with E-state index in [0.717, 1.165) is 44.8 Å². The molecule has 0 spiro atoms. The fourth-order valence-electron chi connectivity index (χ4n) is 4.44. The van der Waals surface area contributed by atoms with E-state index in [1.54, 1.807) is 0 Å². The first-order valence-electron chi connectivity index (χ1n) is 10.6. The summed E-state index contributed by atoms with van der Waals surface area (Å²) >= 11 is 0. The molecule has 8 nitrogen and oxygen atoms in total. The minimum Gasteiger partial charge on any atom is -0.383 e. The van der Waals surface area contributed by atoms with Crippen LogP contribution in [0.25, 0.3) is 22.2 Å². The van der Waals surface area contributed by atoms with Crippen LogP contribution in [0, 0.1) is 13.8 Å². The molecule has 0 radical (unpaired) electrons. The average molecular weight is 428 g/mol. The monoisotopic (exact) mass is 427 g/mol. The molecule has 162 valence electrons. The highest BCUT2D eigenvalue weighted by molar-refractivity contribution is 6.01. The SMILES string of the molecule is Cc1cc(C)nc(CN2CCN(c3ccc(-c4cn(C)c5ncnc(N)c45)cc3)C2=O)c1. The van der Waals surface area contributed by atoms with E-state index in [-0.39, 0.29) is 6.03 Å². The number of urea groups is 1. The average Bonchev–Trinajstić information content (AvgIpc) is 3.29. The molecule has 0 bridgehead atoms. The Balaban J connectivity index is 1.38. The molecule has 2 N–H and O–H groups in total. The Hall–Kier alpha value is -3.94. The number of amides is 2. The van der Waals surface area contributed by atoms with Gasteiger partial charge in [-0.25, -0.2) is 14.8 Å². The molecular formula is C24H25N7O. The highest BCUT2D eigenvalue weighted by Crippen LogP contribution is 2.33. The highest BCUT2D eigenvalue weighted by atomic mass is 16.2. The number of rotatable bonds is 4. The van der Waals surface area contributed by atoms with Gasteiger partial charge in [0.2, 0.25) is 0 Å². The lowest BCUT2D eigenvalue weighted by molar-refractivity contribution is 0.218. The molecule has 1 aliphatic rings. The summed E-state index contributed by atoms with van der Waals surface area (Å²) in [4.78, 5) is 29.8. The summed E-state index contributed by atoms with van der Waals surface area (Å²) < 4.78 is 1.94. The molecule has 3 aromatic heterocycles. The summed E-state index contributed by atoms with van der Waals surface area (Å²) in [6, 6.07) is 12.1. The molecule has 4 aromatic rings. The molecule has 5 rings (SSSR count). The topological polar surface area (TPSA) is 93.2 Å². The van der Waals surface area contributed by atoms with Crippen molar-refractivity contribution < 1.29 is 4.79 Å². The Labute approximate surface area is 186 Å². The van der Waals surface area contributed by atoms with Crippen LogP contribution in [0.15, 0.2) is 48.9 Å². The van der Waals surface area contributed by atoms with E-state index in [4.69, 9.17) is 5.73 Å². The maximum atomic E-state index is 13.0. The molecule has 0 unspecified atom stereocenters. The lowest BCUT2D eigenvalue weighted by Crippen LogP contribution is -2.31. The number of aryl methyl sites for hydroxylation is 3. The van der Waals surface area contributed by atoms with Crippen LogP contribution in [0.5, 0.6) is 0 Å². The number of nitrogens with zero attached hydrogens (tertiary/aromatic N) is 6. The van der Waals surface area contributed by atoms with Crippen molar-refractivity contribution in [2.45, 2.75) is 20.4 Å². The smallest absolute Gasteiger partial charge is 0.324 e. The van der Waals surface area contributed by atoms with Crippen LogP contribution in [0.3, 0.4) is 0 Å². The quantitative estimate of drug-likeness (QED) is 0.536. The van der Waals surface area contributed by atoms with E-state index in [1.165, 1.54) is 6.33 Å². The van der Waals surface area contributed by atoms with Crippen LogP contribution in [0.2, 0.25) is 0 Å². The maximum Gasteiger partial charge on any atom is 0.324 e. The van der Waals surface area contributed by atoms with Crippen molar-refractivity contribution in [2.24, 2.45) is 7.05 Å². The Morgan fingerprint density at radius 1 is 1.06 bits per heavy atom. The van der Waals surface area contributed by atoms with E-state index in [2.05, 4.69) is 15.0 Å². The van der Waals surface area contributed by atoms with Gasteiger partial charge in [-0.15, -0.1) is 0 Å². The number of nitrogen functional groups attached to an aromatic ring is 1. The predicted octanol–water partition coefficient (Wildman–Crippen LogP) is 3.67. The minimum absolute atomic E-state index is 0.00140. The summed E-state index contributed by atoms with van der Waals surface area (Å²) in [5, 5.41) is 0.840. The van der Waals surface area contributed by atoms with E-state index in [0.29, 0.717) is 25.5 Å². The zero-order valence-corrected chi connectivity index (χ0v) is 18.4. The van der Waals surface area contributed by atoms with E-state index < -0.39 is 0 Å². The number of nitrogens with two attached hydrogens (primary N) is 1. The summed E-state index contributed by atoms with van der Waals surface area (Å²) in [5.74, 6) is 0.458. The highest BCUT2D eigenvalue weighted by Gasteiger charge is 2.30. The van der Waals surface area contributed by atoms with Crippen molar-refractivity contribution in [3.05, 3.63) is 65.9 Å². The van der Waals surface area contributed by atoms with Gasteiger partial charge in [0, 0.05) is 43.3 Å². The fraction of sp³-hybridized carbons (Fsp3) is 0.250. The molecule has 0 atom stereocenters.